The van der Waals surface area contributed by atoms with E-state index in [1.807, 2.05) is 6.07 Å². The lowest BCUT2D eigenvalue weighted by Crippen LogP contribution is -2.38. The van der Waals surface area contributed by atoms with Crippen molar-refractivity contribution in [2.24, 2.45) is 7.05 Å². The van der Waals surface area contributed by atoms with Crippen molar-refractivity contribution < 1.29 is 0 Å². The van der Waals surface area contributed by atoms with Gasteiger partial charge in [0.15, 0.2) is 0 Å². The number of halogens is 1. The lowest BCUT2D eigenvalue weighted by atomic mass is 10.3. The zero-order valence-corrected chi connectivity index (χ0v) is 13.1. The number of para-hydroxylation sites is 1. The zero-order valence-electron chi connectivity index (χ0n) is 12.3. The summed E-state index contributed by atoms with van der Waals surface area (Å²) in [6.45, 7) is 2.17. The highest BCUT2D eigenvalue weighted by atomic mass is 35.5. The summed E-state index contributed by atoms with van der Waals surface area (Å²) in [5.74, 6) is 0.827. The van der Waals surface area contributed by atoms with Gasteiger partial charge in [0.2, 0.25) is 0 Å². The molecule has 0 amide bonds. The van der Waals surface area contributed by atoms with Gasteiger partial charge in [-0.05, 0) is 18.6 Å². The number of rotatable bonds is 4. The molecule has 0 spiro atoms. The van der Waals surface area contributed by atoms with Crippen molar-refractivity contribution in [3.63, 3.8) is 0 Å². The van der Waals surface area contributed by atoms with E-state index in [2.05, 4.69) is 12.0 Å². The van der Waals surface area contributed by atoms with Crippen LogP contribution in [0.1, 0.15) is 26.2 Å². The number of alkyl halides is 1. The Bertz CT molecular complexity index is 646. The maximum Gasteiger partial charge on any atom is 0.351 e. The second-order valence-corrected chi connectivity index (χ2v) is 4.83. The quantitative estimate of drug-likeness (QED) is 0.643. The van der Waals surface area contributed by atoms with Gasteiger partial charge in [-0.15, -0.1) is 11.6 Å². The normalized spacial score (nSPS) is 9.86. The van der Waals surface area contributed by atoms with Gasteiger partial charge in [-0.3, -0.25) is 4.79 Å². The number of nitrogens with zero attached hydrogens (tertiary/aromatic N) is 3. The number of hydrogen-bond donors (Lipinski definition) is 0. The first-order valence-corrected chi connectivity index (χ1v) is 7.42. The molecule has 2 rings (SSSR count). The van der Waals surface area contributed by atoms with E-state index in [1.165, 1.54) is 26.3 Å². The maximum absolute atomic E-state index is 11.7. The number of aromatic nitrogens is 3. The van der Waals surface area contributed by atoms with Crippen LogP contribution in [0.2, 0.25) is 0 Å². The van der Waals surface area contributed by atoms with Crippen molar-refractivity contribution in [1.29, 1.82) is 0 Å². The summed E-state index contributed by atoms with van der Waals surface area (Å²) in [4.78, 5) is 23.1. The third-order valence-corrected chi connectivity index (χ3v) is 3.05. The lowest BCUT2D eigenvalue weighted by Gasteiger charge is -2.04. The Morgan fingerprint density at radius 2 is 1.81 bits per heavy atom. The summed E-state index contributed by atoms with van der Waals surface area (Å²) in [5, 5.41) is 3.64. The van der Waals surface area contributed by atoms with Gasteiger partial charge in [-0.2, -0.15) is 5.10 Å². The molecule has 0 aliphatic rings. The Hall–Kier alpha value is -1.88. The molecule has 1 aromatic carbocycles. The predicted octanol–water partition coefficient (Wildman–Crippen LogP) is 2.35. The smallest absolute Gasteiger partial charge is 0.267 e. The number of benzene rings is 1. The molecular weight excluding hydrogens is 290 g/mol. The van der Waals surface area contributed by atoms with Crippen LogP contribution in [-0.4, -0.2) is 20.2 Å². The molecule has 1 aromatic heterocycles. The number of aryl methyl sites for hydroxylation is 1. The van der Waals surface area contributed by atoms with Gasteiger partial charge >= 0.3 is 5.69 Å². The zero-order chi connectivity index (χ0) is 15.7. The molecule has 0 N–H and O–H groups in total. The van der Waals surface area contributed by atoms with Gasteiger partial charge in [0, 0.05) is 12.9 Å². The molecule has 0 aliphatic carbocycles. The average Bonchev–Trinajstić information content (AvgIpc) is 2.51. The number of hydrogen-bond acceptors (Lipinski definition) is 3. The SMILES string of the molecule is CCCCCCl.Cn1ncc(=O)n(-c2ccccc2)c1=O. The Morgan fingerprint density at radius 1 is 1.14 bits per heavy atom. The Morgan fingerprint density at radius 3 is 2.33 bits per heavy atom. The van der Waals surface area contributed by atoms with Gasteiger partial charge in [-0.1, -0.05) is 38.0 Å². The molecule has 21 heavy (non-hydrogen) atoms. The lowest BCUT2D eigenvalue weighted by molar-refractivity contribution is 0.630. The molecule has 0 fully saturated rings. The fourth-order valence-electron chi connectivity index (χ4n) is 1.64. The van der Waals surface area contributed by atoms with E-state index in [0.29, 0.717) is 5.69 Å². The van der Waals surface area contributed by atoms with Crippen LogP contribution < -0.4 is 11.2 Å². The van der Waals surface area contributed by atoms with Gasteiger partial charge in [-0.25, -0.2) is 14.0 Å². The molecule has 0 radical (unpaired) electrons. The molecule has 0 bridgehead atoms. The minimum Gasteiger partial charge on any atom is -0.267 e. The van der Waals surface area contributed by atoms with Crippen molar-refractivity contribution in [3.8, 4) is 5.69 Å². The molecule has 5 nitrogen and oxygen atoms in total. The van der Waals surface area contributed by atoms with Crippen molar-refractivity contribution in [3.05, 3.63) is 57.4 Å². The second kappa shape index (κ2) is 9.13. The maximum atomic E-state index is 11.7. The molecular formula is C15H20ClN3O2. The van der Waals surface area contributed by atoms with E-state index < -0.39 is 11.2 Å². The summed E-state index contributed by atoms with van der Waals surface area (Å²) in [6, 6.07) is 8.75. The molecule has 114 valence electrons. The van der Waals surface area contributed by atoms with Crippen LogP contribution >= 0.6 is 11.6 Å². The molecule has 2 aromatic rings. The minimum absolute atomic E-state index is 0.427. The summed E-state index contributed by atoms with van der Waals surface area (Å²) in [7, 11) is 1.50. The van der Waals surface area contributed by atoms with Crippen LogP contribution in [0.3, 0.4) is 0 Å². The van der Waals surface area contributed by atoms with Crippen LogP contribution in [0.4, 0.5) is 0 Å². The minimum atomic E-state index is -0.450. The van der Waals surface area contributed by atoms with E-state index in [9.17, 15) is 9.59 Å². The highest BCUT2D eigenvalue weighted by Gasteiger charge is 2.04. The van der Waals surface area contributed by atoms with Crippen molar-refractivity contribution in [1.82, 2.24) is 14.3 Å². The van der Waals surface area contributed by atoms with Crippen molar-refractivity contribution in [2.45, 2.75) is 26.2 Å². The first-order valence-electron chi connectivity index (χ1n) is 6.88. The van der Waals surface area contributed by atoms with E-state index in [1.54, 1.807) is 24.3 Å². The van der Waals surface area contributed by atoms with Crippen LogP contribution in [0, 0.1) is 0 Å². The van der Waals surface area contributed by atoms with Gasteiger partial charge in [0.1, 0.15) is 6.20 Å². The van der Waals surface area contributed by atoms with E-state index >= 15 is 0 Å². The Balaban J connectivity index is 0.000000315. The third kappa shape index (κ3) is 5.19. The van der Waals surface area contributed by atoms with Crippen LogP contribution in [0.5, 0.6) is 0 Å². The topological polar surface area (TPSA) is 56.9 Å². The standard InChI is InChI=1S/C10H9N3O2.C5H11Cl/c1-12-10(15)13(9(14)7-11-12)8-5-3-2-4-6-8;1-2-3-4-5-6/h2-7H,1H3;2-5H2,1H3. The molecule has 0 saturated heterocycles. The largest absolute Gasteiger partial charge is 0.351 e. The first kappa shape index (κ1) is 17.2. The molecule has 6 heteroatoms. The summed E-state index contributed by atoms with van der Waals surface area (Å²) < 4.78 is 2.20. The van der Waals surface area contributed by atoms with E-state index in [0.717, 1.165) is 21.3 Å². The molecule has 1 heterocycles. The van der Waals surface area contributed by atoms with E-state index in [-0.39, 0.29) is 0 Å². The molecule has 0 saturated carbocycles. The molecule has 0 atom stereocenters. The molecule has 0 unspecified atom stereocenters. The number of unbranched alkanes of at least 4 members (excludes halogenated alkanes) is 2. The van der Waals surface area contributed by atoms with Crippen LogP contribution in [0.15, 0.2) is 46.1 Å². The van der Waals surface area contributed by atoms with Crippen LogP contribution in [0.25, 0.3) is 5.69 Å². The summed E-state index contributed by atoms with van der Waals surface area (Å²) >= 11 is 5.38. The highest BCUT2D eigenvalue weighted by Crippen LogP contribution is 1.99. The highest BCUT2D eigenvalue weighted by molar-refractivity contribution is 6.17. The van der Waals surface area contributed by atoms with Crippen LogP contribution in [-0.2, 0) is 7.05 Å². The summed E-state index contributed by atoms with van der Waals surface area (Å²) in [6.07, 6.45) is 4.85. The fraction of sp³-hybridized carbons (Fsp3) is 0.400. The fourth-order valence-corrected chi connectivity index (χ4v) is 1.83. The van der Waals surface area contributed by atoms with E-state index in [4.69, 9.17) is 11.6 Å². The van der Waals surface area contributed by atoms with Gasteiger partial charge in [0.05, 0.1) is 5.69 Å². The Labute approximate surface area is 128 Å². The molecule has 0 aliphatic heterocycles. The Kier molecular flexibility index (Phi) is 7.46. The second-order valence-electron chi connectivity index (χ2n) is 4.46. The monoisotopic (exact) mass is 309 g/mol. The average molecular weight is 310 g/mol. The van der Waals surface area contributed by atoms with Crippen molar-refractivity contribution in [2.75, 3.05) is 5.88 Å². The van der Waals surface area contributed by atoms with Gasteiger partial charge in [0.25, 0.3) is 5.56 Å². The summed E-state index contributed by atoms with van der Waals surface area (Å²) in [5.41, 5.74) is -0.330. The van der Waals surface area contributed by atoms with Gasteiger partial charge < -0.3 is 0 Å². The van der Waals surface area contributed by atoms with Crippen molar-refractivity contribution >= 4 is 11.6 Å². The first-order chi connectivity index (χ1) is 10.1. The predicted molar refractivity (Wildman–Crippen MR) is 85.3 cm³/mol. The third-order valence-electron chi connectivity index (χ3n) is 2.78.